The number of nitrogens with zero attached hydrogens (tertiary/aromatic N) is 2. The third-order valence-electron chi connectivity index (χ3n) is 2.24. The molecule has 0 aromatic carbocycles. The van der Waals surface area contributed by atoms with E-state index in [0.29, 0.717) is 6.54 Å². The highest BCUT2D eigenvalue weighted by Crippen LogP contribution is 2.22. The third kappa shape index (κ3) is 1.75. The average molecular weight is 190 g/mol. The zero-order valence-electron chi connectivity index (χ0n) is 8.03. The number of nitrogens with two attached hydrogens (primary N) is 1. The van der Waals surface area contributed by atoms with Gasteiger partial charge in [-0.15, -0.1) is 0 Å². The Bertz CT molecular complexity index is 346. The van der Waals surface area contributed by atoms with Gasteiger partial charge in [0.15, 0.2) is 0 Å². The number of aromatic nitrogens is 2. The van der Waals surface area contributed by atoms with Crippen LogP contribution in [-0.2, 0) is 6.42 Å². The van der Waals surface area contributed by atoms with Crippen LogP contribution in [0.3, 0.4) is 0 Å². The molecule has 1 aromatic heterocycles. The van der Waals surface area contributed by atoms with Gasteiger partial charge in [0.2, 0.25) is 0 Å². The van der Waals surface area contributed by atoms with E-state index in [1.54, 1.807) is 6.33 Å². The van der Waals surface area contributed by atoms with Gasteiger partial charge in [-0.25, -0.2) is 9.97 Å². The number of hydrogen-bond acceptors (Lipinski definition) is 4. The van der Waals surface area contributed by atoms with E-state index in [1.807, 2.05) is 0 Å². The van der Waals surface area contributed by atoms with Gasteiger partial charge >= 0.3 is 0 Å². The monoisotopic (exact) mass is 190 g/mol. The van der Waals surface area contributed by atoms with E-state index >= 15 is 0 Å². The van der Waals surface area contributed by atoms with Crippen molar-refractivity contribution < 1.29 is 0 Å². The quantitative estimate of drug-likeness (QED) is 0.740. The summed E-state index contributed by atoms with van der Waals surface area (Å²) < 4.78 is 0. The van der Waals surface area contributed by atoms with Crippen molar-refractivity contribution in [1.29, 1.82) is 0 Å². The van der Waals surface area contributed by atoms with Crippen LogP contribution in [0.1, 0.15) is 17.7 Å². The standard InChI is InChI=1S/C10H14N4/c11-5-6-12-10-8-3-1-2-4-9(8)13-7-14-10/h1,3,7H,2,4-6,11H2,(H,12,13,14). The van der Waals surface area contributed by atoms with Gasteiger partial charge < -0.3 is 11.1 Å². The predicted molar refractivity (Wildman–Crippen MR) is 56.9 cm³/mol. The predicted octanol–water partition coefficient (Wildman–Crippen LogP) is 0.807. The van der Waals surface area contributed by atoms with E-state index < -0.39 is 0 Å². The van der Waals surface area contributed by atoms with Crippen LogP contribution in [-0.4, -0.2) is 23.1 Å². The molecule has 3 N–H and O–H groups in total. The number of nitrogens with one attached hydrogen (secondary N) is 1. The second-order valence-electron chi connectivity index (χ2n) is 3.24. The molecule has 14 heavy (non-hydrogen) atoms. The summed E-state index contributed by atoms with van der Waals surface area (Å²) in [5, 5.41) is 3.20. The Kier molecular flexibility index (Phi) is 2.74. The molecule has 0 amide bonds. The first-order chi connectivity index (χ1) is 6.92. The summed E-state index contributed by atoms with van der Waals surface area (Å²) in [6.45, 7) is 1.36. The molecule has 0 radical (unpaired) electrons. The van der Waals surface area contributed by atoms with Crippen molar-refractivity contribution >= 4 is 11.9 Å². The van der Waals surface area contributed by atoms with E-state index in [4.69, 9.17) is 5.73 Å². The molecule has 1 aliphatic rings. The van der Waals surface area contributed by atoms with Crippen molar-refractivity contribution in [3.63, 3.8) is 0 Å². The summed E-state index contributed by atoms with van der Waals surface area (Å²) in [6.07, 6.45) is 7.92. The number of fused-ring (bicyclic) bond motifs is 1. The first-order valence-corrected chi connectivity index (χ1v) is 4.86. The van der Waals surface area contributed by atoms with Crippen LogP contribution in [0.2, 0.25) is 0 Å². The Labute approximate surface area is 83.3 Å². The summed E-state index contributed by atoms with van der Waals surface area (Å²) in [5.41, 5.74) is 7.67. The fourth-order valence-corrected chi connectivity index (χ4v) is 1.56. The number of rotatable bonds is 3. The molecule has 0 unspecified atom stereocenters. The van der Waals surface area contributed by atoms with E-state index in [-0.39, 0.29) is 0 Å². The molecule has 1 aromatic rings. The molecule has 0 aliphatic heterocycles. The van der Waals surface area contributed by atoms with Gasteiger partial charge in [0.05, 0.1) is 5.69 Å². The smallest absolute Gasteiger partial charge is 0.136 e. The molecule has 0 saturated carbocycles. The molecule has 4 nitrogen and oxygen atoms in total. The highest BCUT2D eigenvalue weighted by atomic mass is 15.0. The molecule has 4 heteroatoms. The largest absolute Gasteiger partial charge is 0.368 e. The number of aryl methyl sites for hydroxylation is 1. The summed E-state index contributed by atoms with van der Waals surface area (Å²) in [5.74, 6) is 0.899. The zero-order valence-corrected chi connectivity index (χ0v) is 8.03. The highest BCUT2D eigenvalue weighted by molar-refractivity contribution is 5.66. The lowest BCUT2D eigenvalue weighted by molar-refractivity contribution is 0.903. The lowest BCUT2D eigenvalue weighted by Gasteiger charge is -2.13. The van der Waals surface area contributed by atoms with Gasteiger partial charge in [-0.2, -0.15) is 0 Å². The van der Waals surface area contributed by atoms with Gasteiger partial charge in [0, 0.05) is 18.7 Å². The Morgan fingerprint density at radius 2 is 2.36 bits per heavy atom. The van der Waals surface area contributed by atoms with Crippen LogP contribution in [0.4, 0.5) is 5.82 Å². The van der Waals surface area contributed by atoms with Crippen molar-refractivity contribution in [2.24, 2.45) is 5.73 Å². The molecular weight excluding hydrogens is 176 g/mol. The second-order valence-corrected chi connectivity index (χ2v) is 3.24. The SMILES string of the molecule is NCCNc1ncnc2c1C=CCC2. The molecule has 0 saturated heterocycles. The maximum absolute atomic E-state index is 5.43. The van der Waals surface area contributed by atoms with Crippen molar-refractivity contribution in [3.8, 4) is 0 Å². The lowest BCUT2D eigenvalue weighted by atomic mass is 10.0. The van der Waals surface area contributed by atoms with Crippen molar-refractivity contribution in [1.82, 2.24) is 9.97 Å². The Morgan fingerprint density at radius 1 is 1.43 bits per heavy atom. The van der Waals surface area contributed by atoms with Gasteiger partial charge in [-0.1, -0.05) is 12.2 Å². The second kappa shape index (κ2) is 4.19. The van der Waals surface area contributed by atoms with Crippen molar-refractivity contribution in [3.05, 3.63) is 23.7 Å². The minimum Gasteiger partial charge on any atom is -0.368 e. The maximum Gasteiger partial charge on any atom is 0.136 e. The molecule has 0 atom stereocenters. The van der Waals surface area contributed by atoms with Gasteiger partial charge in [-0.05, 0) is 12.8 Å². The summed E-state index contributed by atoms with van der Waals surface area (Å²) in [7, 11) is 0. The van der Waals surface area contributed by atoms with E-state index in [2.05, 4.69) is 27.4 Å². The molecule has 1 aliphatic carbocycles. The zero-order chi connectivity index (χ0) is 9.80. The minimum absolute atomic E-state index is 0.614. The Balaban J connectivity index is 2.28. The van der Waals surface area contributed by atoms with Crippen molar-refractivity contribution in [2.75, 3.05) is 18.4 Å². The fourth-order valence-electron chi connectivity index (χ4n) is 1.56. The highest BCUT2D eigenvalue weighted by Gasteiger charge is 2.10. The van der Waals surface area contributed by atoms with Gasteiger partial charge in [-0.3, -0.25) is 0 Å². The maximum atomic E-state index is 5.43. The number of allylic oxidation sites excluding steroid dienone is 1. The van der Waals surface area contributed by atoms with E-state index in [9.17, 15) is 0 Å². The van der Waals surface area contributed by atoms with Gasteiger partial charge in [0.25, 0.3) is 0 Å². The first kappa shape index (κ1) is 9.15. The summed E-state index contributed by atoms with van der Waals surface area (Å²) in [6, 6.07) is 0. The Hall–Kier alpha value is -1.42. The van der Waals surface area contributed by atoms with Crippen LogP contribution >= 0.6 is 0 Å². The summed E-state index contributed by atoms with van der Waals surface area (Å²) in [4.78, 5) is 8.45. The molecular formula is C10H14N4. The van der Waals surface area contributed by atoms with Crippen LogP contribution in [0.15, 0.2) is 12.4 Å². The van der Waals surface area contributed by atoms with E-state index in [0.717, 1.165) is 36.5 Å². The summed E-state index contributed by atoms with van der Waals surface area (Å²) >= 11 is 0. The fraction of sp³-hybridized carbons (Fsp3) is 0.400. The molecule has 0 bridgehead atoms. The molecule has 1 heterocycles. The Morgan fingerprint density at radius 3 is 3.21 bits per heavy atom. The van der Waals surface area contributed by atoms with Crippen LogP contribution < -0.4 is 11.1 Å². The van der Waals surface area contributed by atoms with Crippen LogP contribution in [0.25, 0.3) is 6.08 Å². The molecule has 74 valence electrons. The van der Waals surface area contributed by atoms with Crippen LogP contribution in [0.5, 0.6) is 0 Å². The average Bonchev–Trinajstić information content (AvgIpc) is 2.26. The number of anilines is 1. The molecule has 0 spiro atoms. The number of hydrogen-bond donors (Lipinski definition) is 2. The topological polar surface area (TPSA) is 63.8 Å². The normalized spacial score (nSPS) is 13.8. The third-order valence-corrected chi connectivity index (χ3v) is 2.24. The first-order valence-electron chi connectivity index (χ1n) is 4.86. The minimum atomic E-state index is 0.614. The van der Waals surface area contributed by atoms with Crippen LogP contribution in [0, 0.1) is 0 Å². The molecule has 2 rings (SSSR count). The lowest BCUT2D eigenvalue weighted by Crippen LogP contribution is -2.15. The van der Waals surface area contributed by atoms with Gasteiger partial charge in [0.1, 0.15) is 12.1 Å². The van der Waals surface area contributed by atoms with Crippen molar-refractivity contribution in [2.45, 2.75) is 12.8 Å². The molecule has 0 fully saturated rings. The van der Waals surface area contributed by atoms with E-state index in [1.165, 1.54) is 0 Å².